The van der Waals surface area contributed by atoms with Gasteiger partial charge in [-0.1, -0.05) is 62.4 Å². The molecule has 2 aromatic carbocycles. The van der Waals surface area contributed by atoms with Crippen LogP contribution in [0.5, 0.6) is 0 Å². The van der Waals surface area contributed by atoms with Gasteiger partial charge in [0.2, 0.25) is 11.8 Å². The number of carbonyl (C=O) groups excluding carboxylic acids is 2. The van der Waals surface area contributed by atoms with Crippen LogP contribution in [0.4, 0.5) is 4.39 Å². The van der Waals surface area contributed by atoms with E-state index in [2.05, 4.69) is 5.32 Å². The van der Waals surface area contributed by atoms with Crippen LogP contribution in [0.1, 0.15) is 37.8 Å². The highest BCUT2D eigenvalue weighted by atomic mass is 19.1. The number of nitrogens with one attached hydrogen (secondary N) is 1. The Morgan fingerprint density at radius 2 is 1.70 bits per heavy atom. The van der Waals surface area contributed by atoms with Crippen molar-refractivity contribution in [1.29, 1.82) is 0 Å². The monoisotopic (exact) mass is 370 g/mol. The predicted octanol–water partition coefficient (Wildman–Crippen LogP) is 3.70. The molecule has 2 aromatic rings. The first-order chi connectivity index (χ1) is 13.1. The van der Waals surface area contributed by atoms with Gasteiger partial charge in [-0.15, -0.1) is 0 Å². The fourth-order valence-electron chi connectivity index (χ4n) is 2.93. The van der Waals surface area contributed by atoms with Crippen molar-refractivity contribution in [1.82, 2.24) is 10.2 Å². The van der Waals surface area contributed by atoms with Crippen LogP contribution >= 0.6 is 0 Å². The van der Waals surface area contributed by atoms with Crippen LogP contribution in [0.15, 0.2) is 54.6 Å². The summed E-state index contributed by atoms with van der Waals surface area (Å²) in [5.41, 5.74) is 1.36. The average molecular weight is 370 g/mol. The summed E-state index contributed by atoms with van der Waals surface area (Å²) in [6.45, 7) is 4.33. The van der Waals surface area contributed by atoms with E-state index in [4.69, 9.17) is 0 Å². The van der Waals surface area contributed by atoms with E-state index in [1.165, 1.54) is 11.0 Å². The maximum absolute atomic E-state index is 14.2. The molecule has 0 spiro atoms. The number of carbonyl (C=O) groups is 2. The Hall–Kier alpha value is -2.69. The molecule has 1 atom stereocenters. The van der Waals surface area contributed by atoms with E-state index < -0.39 is 6.04 Å². The molecule has 2 rings (SSSR count). The van der Waals surface area contributed by atoms with E-state index >= 15 is 0 Å². The molecule has 0 bridgehead atoms. The maximum atomic E-state index is 14.2. The van der Waals surface area contributed by atoms with Gasteiger partial charge in [-0.3, -0.25) is 9.59 Å². The maximum Gasteiger partial charge on any atom is 0.243 e. The lowest BCUT2D eigenvalue weighted by Gasteiger charge is -2.31. The Kier molecular flexibility index (Phi) is 7.99. The van der Waals surface area contributed by atoms with Gasteiger partial charge in [-0.2, -0.15) is 0 Å². The lowest BCUT2D eigenvalue weighted by Crippen LogP contribution is -2.50. The molecule has 0 aliphatic rings. The Balaban J connectivity index is 2.34. The fraction of sp³-hybridized carbons (Fsp3) is 0.364. The molecule has 0 aliphatic heterocycles. The van der Waals surface area contributed by atoms with E-state index in [1.54, 1.807) is 25.1 Å². The van der Waals surface area contributed by atoms with Crippen molar-refractivity contribution in [3.8, 4) is 0 Å². The van der Waals surface area contributed by atoms with Gasteiger partial charge in [-0.25, -0.2) is 4.39 Å². The second-order valence-electron chi connectivity index (χ2n) is 6.46. The summed E-state index contributed by atoms with van der Waals surface area (Å²) in [6, 6.07) is 15.2. The number of amides is 2. The summed E-state index contributed by atoms with van der Waals surface area (Å²) in [7, 11) is 0. The van der Waals surface area contributed by atoms with Crippen LogP contribution in [0.2, 0.25) is 0 Å². The fourth-order valence-corrected chi connectivity index (χ4v) is 2.93. The largest absolute Gasteiger partial charge is 0.354 e. The summed E-state index contributed by atoms with van der Waals surface area (Å²) in [5, 5.41) is 2.89. The molecule has 5 heteroatoms. The van der Waals surface area contributed by atoms with Crippen molar-refractivity contribution in [3.63, 3.8) is 0 Å². The minimum absolute atomic E-state index is 0.0659. The van der Waals surface area contributed by atoms with Crippen LogP contribution in [-0.4, -0.2) is 29.3 Å². The average Bonchev–Trinajstić information content (AvgIpc) is 2.70. The third-order valence-corrected chi connectivity index (χ3v) is 4.42. The standard InChI is InChI=1S/C22H27FN2O2/c1-3-14-24-22(27)20(15-17-10-6-5-7-11-17)25(21(26)4-2)16-18-12-8-9-13-19(18)23/h5-13,20H,3-4,14-16H2,1-2H3,(H,24,27)/t20-/m0/s1. The van der Waals surface area contributed by atoms with Gasteiger partial charge < -0.3 is 10.2 Å². The normalized spacial score (nSPS) is 11.7. The van der Waals surface area contributed by atoms with Crippen molar-refractivity contribution >= 4 is 11.8 Å². The van der Waals surface area contributed by atoms with E-state index in [0.29, 0.717) is 18.5 Å². The Labute approximate surface area is 160 Å². The highest BCUT2D eigenvalue weighted by Crippen LogP contribution is 2.17. The zero-order valence-electron chi connectivity index (χ0n) is 16.0. The second kappa shape index (κ2) is 10.5. The third kappa shape index (κ3) is 5.91. The molecular weight excluding hydrogens is 343 g/mol. The van der Waals surface area contributed by atoms with Crippen LogP contribution in [-0.2, 0) is 22.6 Å². The lowest BCUT2D eigenvalue weighted by atomic mass is 10.0. The summed E-state index contributed by atoms with van der Waals surface area (Å²) in [4.78, 5) is 27.0. The molecule has 0 saturated carbocycles. The molecule has 0 aliphatic carbocycles. The quantitative estimate of drug-likeness (QED) is 0.732. The SMILES string of the molecule is CCCNC(=O)[C@H](Cc1ccccc1)N(Cc1ccccc1F)C(=O)CC. The predicted molar refractivity (Wildman–Crippen MR) is 104 cm³/mol. The molecule has 2 amide bonds. The van der Waals surface area contributed by atoms with Gasteiger partial charge in [0.25, 0.3) is 0 Å². The smallest absolute Gasteiger partial charge is 0.243 e. The summed E-state index contributed by atoms with van der Waals surface area (Å²) in [5.74, 6) is -0.761. The molecule has 0 heterocycles. The molecule has 0 unspecified atom stereocenters. The zero-order valence-corrected chi connectivity index (χ0v) is 16.0. The lowest BCUT2D eigenvalue weighted by molar-refractivity contribution is -0.141. The number of rotatable bonds is 9. The van der Waals surface area contributed by atoms with E-state index in [1.807, 2.05) is 37.3 Å². The summed E-state index contributed by atoms with van der Waals surface area (Å²) >= 11 is 0. The van der Waals surface area contributed by atoms with Gasteiger partial charge in [-0.05, 0) is 18.1 Å². The number of hydrogen-bond acceptors (Lipinski definition) is 2. The van der Waals surface area contributed by atoms with E-state index in [-0.39, 0.29) is 30.6 Å². The molecule has 0 aromatic heterocycles. The van der Waals surface area contributed by atoms with Crippen molar-refractivity contribution < 1.29 is 14.0 Å². The molecule has 0 radical (unpaired) electrons. The third-order valence-electron chi connectivity index (χ3n) is 4.42. The molecule has 1 N–H and O–H groups in total. The van der Waals surface area contributed by atoms with Gasteiger partial charge in [0.05, 0.1) is 0 Å². The molecule has 0 fully saturated rings. The van der Waals surface area contributed by atoms with E-state index in [9.17, 15) is 14.0 Å². The minimum Gasteiger partial charge on any atom is -0.354 e. The van der Waals surface area contributed by atoms with Crippen molar-refractivity contribution in [2.45, 2.75) is 45.7 Å². The van der Waals surface area contributed by atoms with Crippen molar-refractivity contribution in [3.05, 3.63) is 71.5 Å². The molecule has 4 nitrogen and oxygen atoms in total. The van der Waals surface area contributed by atoms with Crippen LogP contribution in [0.25, 0.3) is 0 Å². The number of benzene rings is 2. The number of nitrogens with zero attached hydrogens (tertiary/aromatic N) is 1. The Bertz CT molecular complexity index is 749. The summed E-state index contributed by atoms with van der Waals surface area (Å²) in [6.07, 6.45) is 1.44. The topological polar surface area (TPSA) is 49.4 Å². The molecule has 27 heavy (non-hydrogen) atoms. The second-order valence-corrected chi connectivity index (χ2v) is 6.46. The van der Waals surface area contributed by atoms with Crippen LogP contribution in [0.3, 0.4) is 0 Å². The first-order valence-electron chi connectivity index (χ1n) is 9.41. The first-order valence-corrected chi connectivity index (χ1v) is 9.41. The minimum atomic E-state index is -0.689. The summed E-state index contributed by atoms with van der Waals surface area (Å²) < 4.78 is 14.2. The van der Waals surface area contributed by atoms with Crippen LogP contribution < -0.4 is 5.32 Å². The molecule has 0 saturated heterocycles. The van der Waals surface area contributed by atoms with E-state index in [0.717, 1.165) is 12.0 Å². The highest BCUT2D eigenvalue weighted by molar-refractivity contribution is 5.87. The van der Waals surface area contributed by atoms with Gasteiger partial charge in [0.1, 0.15) is 11.9 Å². The number of halogens is 1. The first kappa shape index (κ1) is 20.6. The highest BCUT2D eigenvalue weighted by Gasteiger charge is 2.29. The van der Waals surface area contributed by atoms with Crippen LogP contribution in [0, 0.1) is 5.82 Å². The van der Waals surface area contributed by atoms with Crippen molar-refractivity contribution in [2.24, 2.45) is 0 Å². The van der Waals surface area contributed by atoms with Gasteiger partial charge in [0.15, 0.2) is 0 Å². The Morgan fingerprint density at radius 3 is 2.33 bits per heavy atom. The number of hydrogen-bond donors (Lipinski definition) is 1. The van der Waals surface area contributed by atoms with Gasteiger partial charge >= 0.3 is 0 Å². The van der Waals surface area contributed by atoms with Gasteiger partial charge in [0, 0.05) is 31.5 Å². The van der Waals surface area contributed by atoms with Crippen molar-refractivity contribution in [2.75, 3.05) is 6.54 Å². The molecular formula is C22H27FN2O2. The Morgan fingerprint density at radius 1 is 1.04 bits per heavy atom. The zero-order chi connectivity index (χ0) is 19.6. The molecule has 144 valence electrons.